The van der Waals surface area contributed by atoms with Gasteiger partial charge in [0.1, 0.15) is 16.8 Å². The molecule has 8 nitrogen and oxygen atoms in total. The quantitative estimate of drug-likeness (QED) is 0.489. The van der Waals surface area contributed by atoms with E-state index < -0.39 is 16.5 Å². The summed E-state index contributed by atoms with van der Waals surface area (Å²) in [6.45, 7) is 0. The number of benzene rings is 1. The molecule has 1 aromatic heterocycles. The van der Waals surface area contributed by atoms with Crippen LogP contribution >= 0.6 is 11.3 Å². The molecule has 0 fully saturated rings. The van der Waals surface area contributed by atoms with Gasteiger partial charge < -0.3 is 5.73 Å². The fraction of sp³-hybridized carbons (Fsp3) is 0. The number of nitro benzene ring substituents is 1. The minimum Gasteiger partial charge on any atom is -0.393 e. The maximum atomic E-state index is 11.9. The summed E-state index contributed by atoms with van der Waals surface area (Å²) in [5.41, 5.74) is 6.32. The third kappa shape index (κ3) is 2.25. The van der Waals surface area contributed by atoms with Crippen LogP contribution in [0.25, 0.3) is 0 Å². The zero-order valence-electron chi connectivity index (χ0n) is 8.86. The van der Waals surface area contributed by atoms with Gasteiger partial charge in [0.15, 0.2) is 0 Å². The van der Waals surface area contributed by atoms with Crippen molar-refractivity contribution in [3.8, 4) is 0 Å². The van der Waals surface area contributed by atoms with Gasteiger partial charge in [-0.15, -0.1) is 10.2 Å². The van der Waals surface area contributed by atoms with Gasteiger partial charge in [-0.05, 0) is 12.1 Å². The second kappa shape index (κ2) is 4.75. The maximum absolute atomic E-state index is 11.9. The van der Waals surface area contributed by atoms with Crippen molar-refractivity contribution in [1.29, 1.82) is 0 Å². The molecule has 0 saturated carbocycles. The SMILES string of the molecule is Nc1cccc(C(=O)Nc2nncs2)c1[N+](=O)[O-]. The Morgan fingerprint density at radius 2 is 2.28 bits per heavy atom. The van der Waals surface area contributed by atoms with Crippen LogP contribution in [0.5, 0.6) is 0 Å². The molecule has 0 aliphatic carbocycles. The molecule has 3 N–H and O–H groups in total. The van der Waals surface area contributed by atoms with E-state index in [1.54, 1.807) is 0 Å². The van der Waals surface area contributed by atoms with Crippen molar-refractivity contribution in [3.63, 3.8) is 0 Å². The number of rotatable bonds is 3. The highest BCUT2D eigenvalue weighted by atomic mass is 32.1. The highest BCUT2D eigenvalue weighted by molar-refractivity contribution is 7.13. The number of carbonyl (C=O) groups excluding carboxylic acids is 1. The fourth-order valence-corrected chi connectivity index (χ4v) is 1.78. The van der Waals surface area contributed by atoms with Crippen LogP contribution in [0.3, 0.4) is 0 Å². The first-order valence-electron chi connectivity index (χ1n) is 4.70. The minimum atomic E-state index is -0.690. The number of anilines is 2. The molecular formula is C9H7N5O3S. The van der Waals surface area contributed by atoms with E-state index in [9.17, 15) is 14.9 Å². The molecule has 1 aromatic carbocycles. The summed E-state index contributed by atoms with van der Waals surface area (Å²) in [6, 6.07) is 4.15. The first-order chi connectivity index (χ1) is 8.59. The smallest absolute Gasteiger partial charge is 0.304 e. The largest absolute Gasteiger partial charge is 0.393 e. The minimum absolute atomic E-state index is 0.0649. The molecule has 0 atom stereocenters. The van der Waals surface area contributed by atoms with Crippen LogP contribution in [0.4, 0.5) is 16.5 Å². The summed E-state index contributed by atoms with van der Waals surface area (Å²) >= 11 is 1.11. The van der Waals surface area contributed by atoms with Crippen molar-refractivity contribution in [2.24, 2.45) is 0 Å². The van der Waals surface area contributed by atoms with Crippen LogP contribution in [-0.4, -0.2) is 21.0 Å². The van der Waals surface area contributed by atoms with Crippen molar-refractivity contribution in [2.75, 3.05) is 11.1 Å². The van der Waals surface area contributed by atoms with E-state index in [0.29, 0.717) is 0 Å². The maximum Gasteiger partial charge on any atom is 0.304 e. The second-order valence-corrected chi connectivity index (χ2v) is 4.03. The van der Waals surface area contributed by atoms with E-state index in [1.807, 2.05) is 0 Å². The van der Waals surface area contributed by atoms with Crippen molar-refractivity contribution >= 4 is 33.8 Å². The Hall–Kier alpha value is -2.55. The van der Waals surface area contributed by atoms with Gasteiger partial charge in [0.2, 0.25) is 5.13 Å². The Labute approximate surface area is 105 Å². The molecule has 9 heteroatoms. The summed E-state index contributed by atoms with van der Waals surface area (Å²) in [6.07, 6.45) is 0. The van der Waals surface area contributed by atoms with Crippen LogP contribution in [0.15, 0.2) is 23.7 Å². The number of nitrogens with one attached hydrogen (secondary N) is 1. The first kappa shape index (κ1) is 11.9. The number of aromatic nitrogens is 2. The molecule has 0 unspecified atom stereocenters. The fourth-order valence-electron chi connectivity index (χ4n) is 1.34. The van der Waals surface area contributed by atoms with E-state index in [0.717, 1.165) is 11.3 Å². The number of nitrogens with two attached hydrogens (primary N) is 1. The average Bonchev–Trinajstić information content (AvgIpc) is 2.80. The van der Waals surface area contributed by atoms with Crippen molar-refractivity contribution in [1.82, 2.24) is 10.2 Å². The lowest BCUT2D eigenvalue weighted by Gasteiger charge is -2.04. The third-order valence-electron chi connectivity index (χ3n) is 2.07. The highest BCUT2D eigenvalue weighted by Gasteiger charge is 2.23. The lowest BCUT2D eigenvalue weighted by Crippen LogP contribution is -2.14. The van der Waals surface area contributed by atoms with Gasteiger partial charge in [-0.25, -0.2) is 0 Å². The Morgan fingerprint density at radius 1 is 1.50 bits per heavy atom. The van der Waals surface area contributed by atoms with Crippen molar-refractivity contribution < 1.29 is 9.72 Å². The molecule has 0 bridgehead atoms. The monoisotopic (exact) mass is 265 g/mol. The number of amides is 1. The summed E-state index contributed by atoms with van der Waals surface area (Å²) < 4.78 is 0. The molecule has 2 rings (SSSR count). The van der Waals surface area contributed by atoms with Gasteiger partial charge in [-0.1, -0.05) is 17.4 Å². The Kier molecular flexibility index (Phi) is 3.15. The summed E-state index contributed by atoms with van der Waals surface area (Å²) in [4.78, 5) is 22.0. The second-order valence-electron chi connectivity index (χ2n) is 3.20. The van der Waals surface area contributed by atoms with Gasteiger partial charge >= 0.3 is 5.69 Å². The Morgan fingerprint density at radius 3 is 2.89 bits per heavy atom. The number of hydrogen-bond acceptors (Lipinski definition) is 7. The van der Waals surface area contributed by atoms with Crippen molar-refractivity contribution in [2.45, 2.75) is 0 Å². The van der Waals surface area contributed by atoms with Gasteiger partial charge in [-0.2, -0.15) is 0 Å². The third-order valence-corrected chi connectivity index (χ3v) is 2.68. The molecular weight excluding hydrogens is 258 g/mol. The summed E-state index contributed by atoms with van der Waals surface area (Å²) in [7, 11) is 0. The predicted octanol–water partition coefficient (Wildman–Crippen LogP) is 1.28. The molecule has 1 amide bonds. The van der Waals surface area contributed by atoms with E-state index >= 15 is 0 Å². The molecule has 0 spiro atoms. The molecule has 18 heavy (non-hydrogen) atoms. The van der Waals surface area contributed by atoms with Gasteiger partial charge in [-0.3, -0.25) is 20.2 Å². The molecule has 0 aliphatic rings. The first-order valence-corrected chi connectivity index (χ1v) is 5.58. The van der Waals surface area contributed by atoms with E-state index in [-0.39, 0.29) is 16.4 Å². The number of nitrogens with zero attached hydrogens (tertiary/aromatic N) is 3. The zero-order valence-corrected chi connectivity index (χ0v) is 9.68. The highest BCUT2D eigenvalue weighted by Crippen LogP contribution is 2.26. The predicted molar refractivity (Wildman–Crippen MR) is 65.4 cm³/mol. The van der Waals surface area contributed by atoms with E-state index in [2.05, 4.69) is 15.5 Å². The molecule has 0 aliphatic heterocycles. The van der Waals surface area contributed by atoms with E-state index in [4.69, 9.17) is 5.73 Å². The Balaban J connectivity index is 2.36. The number of para-hydroxylation sites is 1. The van der Waals surface area contributed by atoms with Crippen LogP contribution in [0.2, 0.25) is 0 Å². The number of hydrogen-bond donors (Lipinski definition) is 2. The summed E-state index contributed by atoms with van der Waals surface area (Å²) in [5.74, 6) is -0.647. The van der Waals surface area contributed by atoms with E-state index in [1.165, 1.54) is 23.7 Å². The number of nitrogen functional groups attached to an aromatic ring is 1. The normalized spacial score (nSPS) is 10.0. The topological polar surface area (TPSA) is 124 Å². The Bertz CT molecular complexity index is 598. The van der Waals surface area contributed by atoms with Gasteiger partial charge in [0, 0.05) is 0 Å². The van der Waals surface area contributed by atoms with Crippen LogP contribution in [0, 0.1) is 10.1 Å². The number of carbonyl (C=O) groups is 1. The van der Waals surface area contributed by atoms with Crippen LogP contribution < -0.4 is 11.1 Å². The molecule has 2 aromatic rings. The van der Waals surface area contributed by atoms with Crippen molar-refractivity contribution in [3.05, 3.63) is 39.4 Å². The lowest BCUT2D eigenvalue weighted by atomic mass is 10.1. The van der Waals surface area contributed by atoms with Gasteiger partial charge in [0.25, 0.3) is 5.91 Å². The molecule has 1 heterocycles. The van der Waals surface area contributed by atoms with Crippen LogP contribution in [0.1, 0.15) is 10.4 Å². The van der Waals surface area contributed by atoms with Crippen LogP contribution in [-0.2, 0) is 0 Å². The zero-order chi connectivity index (χ0) is 13.1. The lowest BCUT2D eigenvalue weighted by molar-refractivity contribution is -0.384. The standard InChI is InChI=1S/C9H7N5O3S/c10-6-3-1-2-5(7(6)14(16)17)8(15)12-9-13-11-4-18-9/h1-4H,10H2,(H,12,13,15). The summed E-state index contributed by atoms with van der Waals surface area (Å²) in [5, 5.41) is 20.7. The molecule has 0 radical (unpaired) electrons. The number of nitro groups is 1. The van der Waals surface area contributed by atoms with Gasteiger partial charge in [0.05, 0.1) is 4.92 Å². The average molecular weight is 265 g/mol. The molecule has 92 valence electrons. The molecule has 0 saturated heterocycles.